The molecule has 0 aliphatic carbocycles. The van der Waals surface area contributed by atoms with Crippen molar-refractivity contribution in [2.24, 2.45) is 0 Å². The summed E-state index contributed by atoms with van der Waals surface area (Å²) in [7, 11) is -3.89. The summed E-state index contributed by atoms with van der Waals surface area (Å²) in [6.07, 6.45) is 1.54. The number of sulfonamides is 1. The number of carbonyl (C=O) groups excluding carboxylic acids is 1. The van der Waals surface area contributed by atoms with Gasteiger partial charge in [0, 0.05) is 11.0 Å². The van der Waals surface area contributed by atoms with E-state index in [1.54, 1.807) is 25.1 Å². The Kier molecular flexibility index (Phi) is 5.78. The van der Waals surface area contributed by atoms with Gasteiger partial charge in [0.2, 0.25) is 10.0 Å². The highest BCUT2D eigenvalue weighted by Crippen LogP contribution is 2.38. The van der Waals surface area contributed by atoms with Crippen LogP contribution in [0.4, 0.5) is 4.39 Å². The fourth-order valence-electron chi connectivity index (χ4n) is 2.94. The minimum absolute atomic E-state index is 0.0224. The smallest absolute Gasteiger partial charge is 0.335 e. The minimum atomic E-state index is -3.89. The molecule has 0 saturated heterocycles. The first kappa shape index (κ1) is 19.7. The number of esters is 1. The maximum atomic E-state index is 13.3. The van der Waals surface area contributed by atoms with Gasteiger partial charge in [-0.15, -0.1) is 0 Å². The van der Waals surface area contributed by atoms with Crippen LogP contribution >= 0.6 is 15.9 Å². The zero-order chi connectivity index (χ0) is 19.6. The molecule has 0 N–H and O–H groups in total. The van der Waals surface area contributed by atoms with E-state index in [2.05, 4.69) is 15.9 Å². The lowest BCUT2D eigenvalue weighted by Crippen LogP contribution is -2.33. The molecule has 2 aromatic rings. The molecule has 1 aliphatic rings. The van der Waals surface area contributed by atoms with Gasteiger partial charge in [0.25, 0.3) is 0 Å². The summed E-state index contributed by atoms with van der Waals surface area (Å²) in [5.41, 5.74) is 0.720. The molecule has 2 aromatic carbocycles. The molecule has 1 unspecified atom stereocenters. The summed E-state index contributed by atoms with van der Waals surface area (Å²) in [6.45, 7) is 1.87. The zero-order valence-electron chi connectivity index (χ0n) is 14.4. The van der Waals surface area contributed by atoms with E-state index in [1.807, 2.05) is 0 Å². The van der Waals surface area contributed by atoms with Crippen molar-refractivity contribution in [2.75, 3.05) is 13.2 Å². The van der Waals surface area contributed by atoms with Gasteiger partial charge in [-0.25, -0.2) is 17.6 Å². The summed E-state index contributed by atoms with van der Waals surface area (Å²) in [4.78, 5) is 12.5. The van der Waals surface area contributed by atoms with Gasteiger partial charge < -0.3 is 4.74 Å². The number of halogens is 2. The largest absolute Gasteiger partial charge is 0.463 e. The Morgan fingerprint density at radius 3 is 2.41 bits per heavy atom. The summed E-state index contributed by atoms with van der Waals surface area (Å²) in [5, 5.41) is 0. The highest BCUT2D eigenvalue weighted by Gasteiger charge is 2.41. The molecular weight excluding hydrogens is 437 g/mol. The van der Waals surface area contributed by atoms with Crippen LogP contribution in [0.3, 0.4) is 0 Å². The lowest BCUT2D eigenvalue weighted by molar-refractivity contribution is -0.138. The monoisotopic (exact) mass is 453 g/mol. The van der Waals surface area contributed by atoms with Crippen LogP contribution in [0.25, 0.3) is 0 Å². The molecule has 3 rings (SSSR count). The Balaban J connectivity index is 2.05. The third-order valence-corrected chi connectivity index (χ3v) is 6.56. The van der Waals surface area contributed by atoms with Crippen LogP contribution in [-0.2, 0) is 19.6 Å². The predicted molar refractivity (Wildman–Crippen MR) is 102 cm³/mol. The highest BCUT2D eigenvalue weighted by atomic mass is 79.9. The number of hydrogen-bond donors (Lipinski definition) is 0. The van der Waals surface area contributed by atoms with E-state index in [0.29, 0.717) is 5.56 Å². The maximum absolute atomic E-state index is 13.3. The van der Waals surface area contributed by atoms with Gasteiger partial charge in [-0.2, -0.15) is 4.31 Å². The summed E-state index contributed by atoms with van der Waals surface area (Å²) in [5.74, 6) is -1.03. The third kappa shape index (κ3) is 3.97. The molecular formula is C19H17BrFNO4S. The molecule has 27 heavy (non-hydrogen) atoms. The number of hydrogen-bond acceptors (Lipinski definition) is 4. The number of carbonyl (C=O) groups is 1. The predicted octanol–water partition coefficient (Wildman–Crippen LogP) is 3.82. The normalized spacial score (nSPS) is 17.6. The second-order valence-corrected chi connectivity index (χ2v) is 8.67. The van der Waals surface area contributed by atoms with E-state index in [9.17, 15) is 17.6 Å². The molecule has 0 bridgehead atoms. The first-order chi connectivity index (χ1) is 12.8. The van der Waals surface area contributed by atoms with Crippen molar-refractivity contribution < 1.29 is 22.3 Å². The van der Waals surface area contributed by atoms with E-state index >= 15 is 0 Å². The van der Waals surface area contributed by atoms with Gasteiger partial charge in [0.15, 0.2) is 0 Å². The number of nitrogens with zero attached hydrogens (tertiary/aromatic N) is 1. The van der Waals surface area contributed by atoms with Crippen molar-refractivity contribution in [1.82, 2.24) is 4.31 Å². The molecule has 0 spiro atoms. The Morgan fingerprint density at radius 1 is 1.19 bits per heavy atom. The van der Waals surface area contributed by atoms with Crippen LogP contribution in [0.1, 0.15) is 18.5 Å². The van der Waals surface area contributed by atoms with Crippen molar-refractivity contribution in [3.8, 4) is 0 Å². The van der Waals surface area contributed by atoms with Crippen molar-refractivity contribution in [1.29, 1.82) is 0 Å². The van der Waals surface area contributed by atoms with Crippen LogP contribution < -0.4 is 0 Å². The molecule has 5 nitrogen and oxygen atoms in total. The van der Waals surface area contributed by atoms with Gasteiger partial charge in [-0.05, 0) is 48.9 Å². The van der Waals surface area contributed by atoms with E-state index < -0.39 is 27.9 Å². The van der Waals surface area contributed by atoms with E-state index in [-0.39, 0.29) is 23.6 Å². The van der Waals surface area contributed by atoms with Crippen molar-refractivity contribution in [3.63, 3.8) is 0 Å². The average molecular weight is 454 g/mol. The summed E-state index contributed by atoms with van der Waals surface area (Å²) in [6, 6.07) is 10.8. The van der Waals surface area contributed by atoms with Crippen molar-refractivity contribution >= 4 is 31.9 Å². The quantitative estimate of drug-likeness (QED) is 0.645. The fraction of sp³-hybridized carbons (Fsp3) is 0.211. The van der Waals surface area contributed by atoms with Crippen molar-refractivity contribution in [3.05, 3.63) is 76.0 Å². The standard InChI is InChI=1S/C19H17BrFNO4S/c1-2-26-19(23)17-11-12-22(18(17)13-3-7-15(21)8-4-13)27(24,25)16-9-5-14(20)6-10-16/h3-11,18H,2,12H2,1H3. The molecule has 142 valence electrons. The Bertz CT molecular complexity index is 972. The molecule has 8 heteroatoms. The molecule has 0 aromatic heterocycles. The molecule has 0 fully saturated rings. The number of rotatable bonds is 5. The van der Waals surface area contributed by atoms with Crippen LogP contribution in [0, 0.1) is 5.82 Å². The van der Waals surface area contributed by atoms with Crippen LogP contribution in [0.2, 0.25) is 0 Å². The SMILES string of the molecule is CCOC(=O)C1=CCN(S(=O)(=O)c2ccc(Br)cc2)C1c1ccc(F)cc1. The Morgan fingerprint density at radius 2 is 1.81 bits per heavy atom. The topological polar surface area (TPSA) is 63.7 Å². The Hall–Kier alpha value is -2.03. The molecule has 1 atom stereocenters. The van der Waals surface area contributed by atoms with Gasteiger partial charge >= 0.3 is 5.97 Å². The highest BCUT2D eigenvalue weighted by molar-refractivity contribution is 9.10. The summed E-state index contributed by atoms with van der Waals surface area (Å²) < 4.78 is 46.7. The lowest BCUT2D eigenvalue weighted by atomic mass is 10.0. The number of benzene rings is 2. The molecule has 1 aliphatic heterocycles. The summed E-state index contributed by atoms with van der Waals surface area (Å²) >= 11 is 3.28. The molecule has 0 amide bonds. The Labute approximate surface area is 165 Å². The van der Waals surface area contributed by atoms with Crippen LogP contribution in [0.15, 0.2) is 69.5 Å². The van der Waals surface area contributed by atoms with Crippen LogP contribution in [0.5, 0.6) is 0 Å². The molecule has 1 heterocycles. The van der Waals surface area contributed by atoms with E-state index in [1.165, 1.54) is 40.7 Å². The van der Waals surface area contributed by atoms with E-state index in [4.69, 9.17) is 4.74 Å². The van der Waals surface area contributed by atoms with E-state index in [0.717, 1.165) is 4.47 Å². The molecule has 0 radical (unpaired) electrons. The molecule has 0 saturated carbocycles. The van der Waals surface area contributed by atoms with Gasteiger partial charge in [0.05, 0.1) is 23.1 Å². The maximum Gasteiger partial charge on any atom is 0.335 e. The minimum Gasteiger partial charge on any atom is -0.463 e. The first-order valence-corrected chi connectivity index (χ1v) is 10.5. The second kappa shape index (κ2) is 7.92. The van der Waals surface area contributed by atoms with Gasteiger partial charge in [-0.3, -0.25) is 0 Å². The third-order valence-electron chi connectivity index (χ3n) is 4.19. The van der Waals surface area contributed by atoms with Crippen LogP contribution in [-0.4, -0.2) is 31.8 Å². The second-order valence-electron chi connectivity index (χ2n) is 5.86. The zero-order valence-corrected chi connectivity index (χ0v) is 16.8. The van der Waals surface area contributed by atoms with Gasteiger partial charge in [0.1, 0.15) is 5.82 Å². The lowest BCUT2D eigenvalue weighted by Gasteiger charge is -2.26. The fourth-order valence-corrected chi connectivity index (χ4v) is 4.74. The van der Waals surface area contributed by atoms with Gasteiger partial charge in [-0.1, -0.05) is 34.1 Å². The van der Waals surface area contributed by atoms with Crippen molar-refractivity contribution in [2.45, 2.75) is 17.9 Å². The number of ether oxygens (including phenoxy) is 1. The average Bonchev–Trinajstić information content (AvgIpc) is 3.09. The first-order valence-electron chi connectivity index (χ1n) is 8.24.